The van der Waals surface area contributed by atoms with Gasteiger partial charge in [0.1, 0.15) is 0 Å². The number of hydrogen-bond donors (Lipinski definition) is 2. The van der Waals surface area contributed by atoms with Crippen LogP contribution in [0, 0.1) is 11.3 Å². The average molecular weight is 196 g/mol. The molecule has 0 heterocycles. The summed E-state index contributed by atoms with van der Waals surface area (Å²) >= 11 is 0. The van der Waals surface area contributed by atoms with Gasteiger partial charge in [-0.1, -0.05) is 0 Å². The zero-order valence-electron chi connectivity index (χ0n) is 8.94. The topological polar surface area (TPSA) is 41.1 Å². The lowest BCUT2D eigenvalue weighted by Gasteiger charge is -2.14. The molecule has 0 spiro atoms. The summed E-state index contributed by atoms with van der Waals surface area (Å²) in [5.74, 6) is 1.14. The highest BCUT2D eigenvalue weighted by molar-refractivity contribution is 5.75. The lowest BCUT2D eigenvalue weighted by molar-refractivity contribution is -0.120. The first-order valence-electron chi connectivity index (χ1n) is 5.68. The summed E-state index contributed by atoms with van der Waals surface area (Å²) in [6, 6.07) is 0. The molecule has 2 aliphatic carbocycles. The number of hydrogen-bond acceptors (Lipinski definition) is 2. The van der Waals surface area contributed by atoms with Crippen molar-refractivity contribution >= 4 is 5.91 Å². The molecule has 0 unspecified atom stereocenters. The summed E-state index contributed by atoms with van der Waals surface area (Å²) in [5, 5.41) is 6.05. The van der Waals surface area contributed by atoms with Crippen molar-refractivity contribution in [2.24, 2.45) is 11.3 Å². The number of amides is 1. The minimum atomic E-state index is 0.133. The van der Waals surface area contributed by atoms with Gasteiger partial charge in [0.25, 0.3) is 0 Å². The van der Waals surface area contributed by atoms with E-state index >= 15 is 0 Å². The van der Waals surface area contributed by atoms with Crippen LogP contribution in [0.3, 0.4) is 0 Å². The summed E-state index contributed by atoms with van der Waals surface area (Å²) in [4.78, 5) is 10.9. The minimum absolute atomic E-state index is 0.133. The van der Waals surface area contributed by atoms with E-state index < -0.39 is 0 Å². The fourth-order valence-corrected chi connectivity index (χ4v) is 2.25. The fourth-order valence-electron chi connectivity index (χ4n) is 2.25. The first-order chi connectivity index (χ1) is 6.77. The van der Waals surface area contributed by atoms with Crippen LogP contribution >= 0.6 is 0 Å². The van der Waals surface area contributed by atoms with Crippen molar-refractivity contribution in [1.82, 2.24) is 10.6 Å². The standard InChI is InChI=1S/C11H20N2O/c1-12-10(14)4-7-13-8-11(5-6-11)9-2-3-9/h9,13H,2-8H2,1H3,(H,12,14). The Morgan fingerprint density at radius 3 is 2.64 bits per heavy atom. The minimum Gasteiger partial charge on any atom is -0.359 e. The third-order valence-electron chi connectivity index (χ3n) is 3.62. The van der Waals surface area contributed by atoms with Crippen LogP contribution in [0.4, 0.5) is 0 Å². The largest absolute Gasteiger partial charge is 0.359 e. The molecule has 2 rings (SSSR count). The van der Waals surface area contributed by atoms with E-state index in [1.807, 2.05) is 0 Å². The van der Waals surface area contributed by atoms with Gasteiger partial charge < -0.3 is 10.6 Å². The molecular formula is C11H20N2O. The van der Waals surface area contributed by atoms with E-state index in [4.69, 9.17) is 0 Å². The second-order valence-corrected chi connectivity index (χ2v) is 4.74. The number of carbonyl (C=O) groups excluding carboxylic acids is 1. The van der Waals surface area contributed by atoms with Gasteiger partial charge in [0.2, 0.25) is 5.91 Å². The Morgan fingerprint density at radius 1 is 1.43 bits per heavy atom. The zero-order chi connectivity index (χ0) is 10.0. The number of rotatable bonds is 6. The molecule has 0 aromatic rings. The van der Waals surface area contributed by atoms with Gasteiger partial charge in [0.05, 0.1) is 0 Å². The molecule has 0 bridgehead atoms. The fraction of sp³-hybridized carbons (Fsp3) is 0.909. The molecule has 0 aromatic heterocycles. The van der Waals surface area contributed by atoms with Gasteiger partial charge in [0.15, 0.2) is 0 Å². The van der Waals surface area contributed by atoms with Crippen molar-refractivity contribution in [3.63, 3.8) is 0 Å². The van der Waals surface area contributed by atoms with Crippen LogP contribution in [0.2, 0.25) is 0 Å². The zero-order valence-corrected chi connectivity index (χ0v) is 8.94. The molecule has 1 amide bonds. The summed E-state index contributed by atoms with van der Waals surface area (Å²) in [5.41, 5.74) is 0.655. The molecule has 2 saturated carbocycles. The van der Waals surface area contributed by atoms with Crippen molar-refractivity contribution in [3.8, 4) is 0 Å². The first kappa shape index (κ1) is 9.97. The van der Waals surface area contributed by atoms with Crippen molar-refractivity contribution < 1.29 is 4.79 Å². The summed E-state index contributed by atoms with van der Waals surface area (Å²) in [6.45, 7) is 1.96. The average Bonchev–Trinajstić information content (AvgIpc) is 3.02. The Bertz CT molecular complexity index is 219. The van der Waals surface area contributed by atoms with E-state index in [0.29, 0.717) is 11.8 Å². The van der Waals surface area contributed by atoms with Gasteiger partial charge in [0, 0.05) is 26.6 Å². The lowest BCUT2D eigenvalue weighted by Crippen LogP contribution is -2.29. The highest BCUT2D eigenvalue weighted by atomic mass is 16.1. The van der Waals surface area contributed by atoms with Crippen molar-refractivity contribution in [1.29, 1.82) is 0 Å². The lowest BCUT2D eigenvalue weighted by atomic mass is 10.0. The quantitative estimate of drug-likeness (QED) is 0.620. The Kier molecular flexibility index (Phi) is 2.77. The van der Waals surface area contributed by atoms with Gasteiger partial charge in [-0.15, -0.1) is 0 Å². The summed E-state index contributed by atoms with van der Waals surface area (Å²) in [7, 11) is 1.69. The maximum Gasteiger partial charge on any atom is 0.221 e. The van der Waals surface area contributed by atoms with Crippen LogP contribution in [0.15, 0.2) is 0 Å². The Balaban J connectivity index is 1.56. The van der Waals surface area contributed by atoms with Crippen molar-refractivity contribution in [2.75, 3.05) is 20.1 Å². The molecule has 3 nitrogen and oxygen atoms in total. The van der Waals surface area contributed by atoms with E-state index in [-0.39, 0.29) is 5.91 Å². The van der Waals surface area contributed by atoms with Crippen molar-refractivity contribution in [2.45, 2.75) is 32.1 Å². The molecule has 2 N–H and O–H groups in total. The highest BCUT2D eigenvalue weighted by Crippen LogP contribution is 2.60. The van der Waals surface area contributed by atoms with Gasteiger partial charge >= 0.3 is 0 Å². The maximum absolute atomic E-state index is 10.9. The van der Waals surface area contributed by atoms with Crippen LogP contribution in [0.5, 0.6) is 0 Å². The van der Waals surface area contributed by atoms with Gasteiger partial charge in [-0.05, 0) is 37.0 Å². The predicted molar refractivity (Wildman–Crippen MR) is 55.9 cm³/mol. The molecule has 0 radical (unpaired) electrons. The number of carbonyl (C=O) groups is 1. The second-order valence-electron chi connectivity index (χ2n) is 4.74. The molecule has 0 saturated heterocycles. The van der Waals surface area contributed by atoms with E-state index in [2.05, 4.69) is 10.6 Å². The third-order valence-corrected chi connectivity index (χ3v) is 3.62. The van der Waals surface area contributed by atoms with E-state index in [0.717, 1.165) is 19.0 Å². The smallest absolute Gasteiger partial charge is 0.221 e. The van der Waals surface area contributed by atoms with Gasteiger partial charge in [-0.3, -0.25) is 4.79 Å². The monoisotopic (exact) mass is 196 g/mol. The first-order valence-corrected chi connectivity index (χ1v) is 5.68. The molecule has 14 heavy (non-hydrogen) atoms. The maximum atomic E-state index is 10.9. The second kappa shape index (κ2) is 3.89. The van der Waals surface area contributed by atoms with Gasteiger partial charge in [-0.25, -0.2) is 0 Å². The number of nitrogens with one attached hydrogen (secondary N) is 2. The molecule has 2 aliphatic rings. The third kappa shape index (κ3) is 2.27. The molecule has 3 heteroatoms. The van der Waals surface area contributed by atoms with Crippen LogP contribution in [-0.4, -0.2) is 26.0 Å². The molecular weight excluding hydrogens is 176 g/mol. The predicted octanol–water partition coefficient (Wildman–Crippen LogP) is 0.902. The molecule has 80 valence electrons. The van der Waals surface area contributed by atoms with E-state index in [1.165, 1.54) is 25.7 Å². The Hall–Kier alpha value is -0.570. The van der Waals surface area contributed by atoms with Crippen LogP contribution in [0.25, 0.3) is 0 Å². The normalized spacial score (nSPS) is 23.2. The molecule has 0 aromatic carbocycles. The summed E-state index contributed by atoms with van der Waals surface area (Å²) in [6.07, 6.45) is 6.31. The summed E-state index contributed by atoms with van der Waals surface area (Å²) < 4.78 is 0. The van der Waals surface area contributed by atoms with Crippen LogP contribution in [0.1, 0.15) is 32.1 Å². The van der Waals surface area contributed by atoms with Gasteiger partial charge in [-0.2, -0.15) is 0 Å². The molecule has 0 aliphatic heterocycles. The van der Waals surface area contributed by atoms with E-state index in [1.54, 1.807) is 7.05 Å². The van der Waals surface area contributed by atoms with Crippen LogP contribution in [-0.2, 0) is 4.79 Å². The van der Waals surface area contributed by atoms with E-state index in [9.17, 15) is 4.79 Å². The Labute approximate surface area is 85.6 Å². The SMILES string of the molecule is CNC(=O)CCNCC1(C2CC2)CC1. The highest BCUT2D eigenvalue weighted by Gasteiger charge is 2.52. The molecule has 2 fully saturated rings. The van der Waals surface area contributed by atoms with Crippen molar-refractivity contribution in [3.05, 3.63) is 0 Å². The Morgan fingerprint density at radius 2 is 2.14 bits per heavy atom. The molecule has 0 atom stereocenters. The van der Waals surface area contributed by atoms with Crippen LogP contribution < -0.4 is 10.6 Å².